The van der Waals surface area contributed by atoms with Crippen molar-refractivity contribution >= 4 is 11.9 Å². The zero-order valence-electron chi connectivity index (χ0n) is 21.3. The molecule has 1 aromatic carbocycles. The lowest BCUT2D eigenvalue weighted by Crippen LogP contribution is -2.39. The third-order valence-corrected chi connectivity index (χ3v) is 6.83. The molecule has 3 rings (SSSR count). The Kier molecular flexibility index (Phi) is 7.69. The number of hydrogen-bond donors (Lipinski definition) is 2. The SMILES string of the molecule is Cc1ccc(-c2c(C)c(C(=O)N[C@H]3CC[C@H](C)CC3)cc(=O)n2C(CC(C)(C)C)C(=O)O)cc1. The number of carbonyl (C=O) groups is 2. The number of nitrogens with one attached hydrogen (secondary N) is 1. The molecule has 1 saturated carbocycles. The summed E-state index contributed by atoms with van der Waals surface area (Å²) >= 11 is 0. The second kappa shape index (κ2) is 10.2. The van der Waals surface area contributed by atoms with Crippen molar-refractivity contribution in [3.8, 4) is 11.3 Å². The van der Waals surface area contributed by atoms with Gasteiger partial charge in [-0.3, -0.25) is 14.2 Å². The van der Waals surface area contributed by atoms with Gasteiger partial charge in [-0.15, -0.1) is 0 Å². The van der Waals surface area contributed by atoms with Gasteiger partial charge in [0, 0.05) is 17.7 Å². The Balaban J connectivity index is 2.14. The Labute approximate surface area is 202 Å². The smallest absolute Gasteiger partial charge is 0.326 e. The van der Waals surface area contributed by atoms with Crippen LogP contribution in [0.5, 0.6) is 0 Å². The third kappa shape index (κ3) is 5.96. The van der Waals surface area contributed by atoms with E-state index in [0.717, 1.165) is 36.8 Å². The van der Waals surface area contributed by atoms with Crippen LogP contribution in [-0.2, 0) is 4.79 Å². The van der Waals surface area contributed by atoms with E-state index >= 15 is 0 Å². The van der Waals surface area contributed by atoms with Gasteiger partial charge in [0.05, 0.1) is 5.69 Å². The molecule has 1 fully saturated rings. The molecule has 0 aliphatic heterocycles. The topological polar surface area (TPSA) is 88.4 Å². The van der Waals surface area contributed by atoms with Crippen LogP contribution >= 0.6 is 0 Å². The maximum Gasteiger partial charge on any atom is 0.326 e. The number of nitrogens with zero attached hydrogens (tertiary/aromatic N) is 1. The highest BCUT2D eigenvalue weighted by Crippen LogP contribution is 2.33. The van der Waals surface area contributed by atoms with E-state index < -0.39 is 17.6 Å². The molecule has 6 heteroatoms. The van der Waals surface area contributed by atoms with Gasteiger partial charge in [0.2, 0.25) is 0 Å². The summed E-state index contributed by atoms with van der Waals surface area (Å²) in [5.41, 5.74) is 2.42. The average Bonchev–Trinajstić information content (AvgIpc) is 2.75. The van der Waals surface area contributed by atoms with Crippen molar-refractivity contribution in [3.05, 3.63) is 57.4 Å². The third-order valence-electron chi connectivity index (χ3n) is 6.83. The van der Waals surface area contributed by atoms with E-state index in [1.165, 1.54) is 10.6 Å². The minimum absolute atomic E-state index is 0.0982. The largest absolute Gasteiger partial charge is 0.480 e. The van der Waals surface area contributed by atoms with Crippen molar-refractivity contribution in [2.24, 2.45) is 11.3 Å². The Hall–Kier alpha value is -2.89. The van der Waals surface area contributed by atoms with Gasteiger partial charge in [0.1, 0.15) is 6.04 Å². The van der Waals surface area contributed by atoms with E-state index in [0.29, 0.717) is 22.7 Å². The van der Waals surface area contributed by atoms with Crippen LogP contribution in [0.15, 0.2) is 35.1 Å². The standard InChI is InChI=1S/C28H38N2O4/c1-17-7-11-20(12-8-17)25-19(3)22(26(32)29-21-13-9-18(2)10-14-21)15-24(31)30(25)23(27(33)34)16-28(4,5)6/h7-8,11-12,15,18,21,23H,9-10,13-14,16H2,1-6H3,(H,29,32)(H,33,34)/t18-,21-,23?. The number of aryl methyl sites for hydroxylation is 1. The number of aromatic nitrogens is 1. The lowest BCUT2D eigenvalue weighted by atomic mass is 9.87. The van der Waals surface area contributed by atoms with Crippen LogP contribution in [0.4, 0.5) is 0 Å². The highest BCUT2D eigenvalue weighted by atomic mass is 16.4. The summed E-state index contributed by atoms with van der Waals surface area (Å²) in [4.78, 5) is 39.1. The van der Waals surface area contributed by atoms with E-state index in [-0.39, 0.29) is 23.8 Å². The number of rotatable bonds is 6. The first-order valence-corrected chi connectivity index (χ1v) is 12.2. The molecule has 34 heavy (non-hydrogen) atoms. The van der Waals surface area contributed by atoms with Crippen LogP contribution in [0.1, 0.15) is 87.3 Å². The number of carboxylic acids is 1. The van der Waals surface area contributed by atoms with Gasteiger partial charge in [0.25, 0.3) is 11.5 Å². The van der Waals surface area contributed by atoms with Crippen molar-refractivity contribution in [1.29, 1.82) is 0 Å². The molecule has 0 bridgehead atoms. The molecule has 6 nitrogen and oxygen atoms in total. The molecule has 0 spiro atoms. The molecular formula is C28H38N2O4. The molecule has 0 saturated heterocycles. The highest BCUT2D eigenvalue weighted by Gasteiger charge is 2.31. The quantitative estimate of drug-likeness (QED) is 0.588. The van der Waals surface area contributed by atoms with Crippen LogP contribution in [0.2, 0.25) is 0 Å². The Morgan fingerprint density at radius 1 is 1.09 bits per heavy atom. The predicted octanol–water partition coefficient (Wildman–Crippen LogP) is 5.50. The van der Waals surface area contributed by atoms with Crippen LogP contribution in [0.3, 0.4) is 0 Å². The van der Waals surface area contributed by atoms with E-state index in [1.54, 1.807) is 6.92 Å². The van der Waals surface area contributed by atoms with Crippen molar-refractivity contribution in [1.82, 2.24) is 9.88 Å². The lowest BCUT2D eigenvalue weighted by molar-refractivity contribution is -0.141. The molecule has 1 aliphatic rings. The molecule has 1 unspecified atom stereocenters. The van der Waals surface area contributed by atoms with Gasteiger partial charge in [-0.05, 0) is 68.4 Å². The monoisotopic (exact) mass is 466 g/mol. The van der Waals surface area contributed by atoms with Gasteiger partial charge < -0.3 is 10.4 Å². The fourth-order valence-corrected chi connectivity index (χ4v) is 4.87. The fraction of sp³-hybridized carbons (Fsp3) is 0.536. The number of hydrogen-bond acceptors (Lipinski definition) is 3. The summed E-state index contributed by atoms with van der Waals surface area (Å²) in [6.45, 7) is 11.9. The van der Waals surface area contributed by atoms with E-state index in [4.69, 9.17) is 0 Å². The number of carbonyl (C=O) groups excluding carboxylic acids is 1. The molecule has 184 valence electrons. The van der Waals surface area contributed by atoms with Crippen LogP contribution < -0.4 is 10.9 Å². The molecule has 1 heterocycles. The molecule has 1 aliphatic carbocycles. The molecule has 2 aromatic rings. The normalized spacial score (nSPS) is 19.5. The summed E-state index contributed by atoms with van der Waals surface area (Å²) in [5.74, 6) is -0.654. The first-order valence-electron chi connectivity index (χ1n) is 12.2. The second-order valence-corrected chi connectivity index (χ2v) is 11.2. The summed E-state index contributed by atoms with van der Waals surface area (Å²) in [6.07, 6.45) is 4.30. The van der Waals surface area contributed by atoms with Gasteiger partial charge in [-0.25, -0.2) is 4.79 Å². The number of amides is 1. The molecule has 0 radical (unpaired) electrons. The van der Waals surface area contributed by atoms with Crippen LogP contribution in [0, 0.1) is 25.2 Å². The molecule has 2 N–H and O–H groups in total. The minimum atomic E-state index is -1.06. The van der Waals surface area contributed by atoms with Crippen molar-refractivity contribution in [2.75, 3.05) is 0 Å². The Morgan fingerprint density at radius 3 is 2.21 bits per heavy atom. The van der Waals surface area contributed by atoms with E-state index in [1.807, 2.05) is 52.0 Å². The fourth-order valence-electron chi connectivity index (χ4n) is 4.87. The molecule has 1 aromatic heterocycles. The summed E-state index contributed by atoms with van der Waals surface area (Å²) in [6, 6.07) is 7.99. The van der Waals surface area contributed by atoms with Crippen molar-refractivity contribution in [3.63, 3.8) is 0 Å². The van der Waals surface area contributed by atoms with Gasteiger partial charge in [-0.2, -0.15) is 0 Å². The van der Waals surface area contributed by atoms with Crippen molar-refractivity contribution in [2.45, 2.75) is 85.7 Å². The second-order valence-electron chi connectivity index (χ2n) is 11.2. The maximum atomic E-state index is 13.4. The first kappa shape index (κ1) is 25.7. The number of pyridine rings is 1. The number of carboxylic acid groups (broad SMARTS) is 1. The first-order chi connectivity index (χ1) is 15.9. The maximum absolute atomic E-state index is 13.4. The number of aliphatic carboxylic acids is 1. The zero-order valence-corrected chi connectivity index (χ0v) is 21.3. The predicted molar refractivity (Wildman–Crippen MR) is 135 cm³/mol. The van der Waals surface area contributed by atoms with E-state index in [2.05, 4.69) is 12.2 Å². The Morgan fingerprint density at radius 2 is 1.68 bits per heavy atom. The minimum Gasteiger partial charge on any atom is -0.480 e. The van der Waals surface area contributed by atoms with Crippen LogP contribution in [-0.4, -0.2) is 27.6 Å². The summed E-state index contributed by atoms with van der Waals surface area (Å²) in [7, 11) is 0. The van der Waals surface area contributed by atoms with E-state index in [9.17, 15) is 19.5 Å². The Bertz CT molecular complexity index is 1100. The summed E-state index contributed by atoms with van der Waals surface area (Å²) < 4.78 is 1.37. The molecule has 1 atom stereocenters. The van der Waals surface area contributed by atoms with Gasteiger partial charge in [0.15, 0.2) is 0 Å². The zero-order chi connectivity index (χ0) is 25.2. The van der Waals surface area contributed by atoms with Gasteiger partial charge >= 0.3 is 5.97 Å². The van der Waals surface area contributed by atoms with Crippen LogP contribution in [0.25, 0.3) is 11.3 Å². The highest BCUT2D eigenvalue weighted by molar-refractivity contribution is 5.97. The average molecular weight is 467 g/mol. The lowest BCUT2D eigenvalue weighted by Gasteiger charge is -2.29. The summed E-state index contributed by atoms with van der Waals surface area (Å²) in [5, 5.41) is 13.2. The van der Waals surface area contributed by atoms with Gasteiger partial charge in [-0.1, -0.05) is 57.5 Å². The van der Waals surface area contributed by atoms with Crippen molar-refractivity contribution < 1.29 is 14.7 Å². The number of benzene rings is 1. The molecule has 1 amide bonds. The molecular weight excluding hydrogens is 428 g/mol.